The highest BCUT2D eigenvalue weighted by molar-refractivity contribution is 5.35. The Morgan fingerprint density at radius 1 is 1.00 bits per heavy atom. The van der Waals surface area contributed by atoms with Crippen molar-refractivity contribution in [3.63, 3.8) is 0 Å². The molecular formula is C19H27NO. The summed E-state index contributed by atoms with van der Waals surface area (Å²) in [4.78, 5) is 0. The van der Waals surface area contributed by atoms with Crippen molar-refractivity contribution in [3.8, 4) is 5.75 Å². The number of hydrogen-bond acceptors (Lipinski definition) is 2. The van der Waals surface area contributed by atoms with E-state index < -0.39 is 0 Å². The number of methoxy groups -OCH3 is 1. The lowest BCUT2D eigenvalue weighted by Gasteiger charge is -2.55. The van der Waals surface area contributed by atoms with Crippen molar-refractivity contribution in [1.82, 2.24) is 5.32 Å². The van der Waals surface area contributed by atoms with Gasteiger partial charge >= 0.3 is 0 Å². The number of ether oxygens (including phenoxy) is 1. The average Bonchev–Trinajstić information content (AvgIpc) is 2.50. The molecule has 0 aromatic heterocycles. The number of nitrogens with one attached hydrogen (secondary N) is 1. The molecule has 4 saturated carbocycles. The number of benzene rings is 1. The van der Waals surface area contributed by atoms with Gasteiger partial charge in [-0.1, -0.05) is 18.2 Å². The van der Waals surface area contributed by atoms with Crippen LogP contribution in [0, 0.1) is 23.7 Å². The zero-order chi connectivity index (χ0) is 14.4. The Hall–Kier alpha value is -1.02. The minimum absolute atomic E-state index is 0.378. The molecule has 21 heavy (non-hydrogen) atoms. The second-order valence-corrected chi connectivity index (χ2v) is 7.59. The van der Waals surface area contributed by atoms with E-state index >= 15 is 0 Å². The first-order valence-electron chi connectivity index (χ1n) is 8.63. The first kappa shape index (κ1) is 13.6. The molecule has 0 amide bonds. The Kier molecular flexibility index (Phi) is 3.45. The lowest BCUT2D eigenvalue weighted by Crippen LogP contribution is -2.54. The van der Waals surface area contributed by atoms with E-state index in [9.17, 15) is 0 Å². The Bertz CT molecular complexity index is 484. The highest BCUT2D eigenvalue weighted by Gasteiger charge is 2.48. The minimum Gasteiger partial charge on any atom is -0.496 e. The fraction of sp³-hybridized carbons (Fsp3) is 0.684. The van der Waals surface area contributed by atoms with Gasteiger partial charge in [-0.25, -0.2) is 0 Å². The topological polar surface area (TPSA) is 21.3 Å². The smallest absolute Gasteiger partial charge is 0.123 e. The molecule has 0 saturated heterocycles. The summed E-state index contributed by atoms with van der Waals surface area (Å²) in [6.07, 6.45) is 7.43. The van der Waals surface area contributed by atoms with Crippen molar-refractivity contribution < 1.29 is 4.74 Å². The third-order valence-corrected chi connectivity index (χ3v) is 6.27. The lowest BCUT2D eigenvalue weighted by molar-refractivity contribution is -0.0171. The minimum atomic E-state index is 0.378. The molecule has 4 bridgehead atoms. The van der Waals surface area contributed by atoms with Crippen LogP contribution in [-0.2, 0) is 0 Å². The summed E-state index contributed by atoms with van der Waals surface area (Å²) in [6, 6.07) is 9.56. The Labute approximate surface area is 128 Å². The molecule has 0 radical (unpaired) electrons. The van der Waals surface area contributed by atoms with E-state index in [1.54, 1.807) is 7.11 Å². The van der Waals surface area contributed by atoms with Gasteiger partial charge in [-0.2, -0.15) is 0 Å². The maximum atomic E-state index is 5.53. The van der Waals surface area contributed by atoms with E-state index in [0.717, 1.165) is 35.5 Å². The van der Waals surface area contributed by atoms with Gasteiger partial charge in [-0.15, -0.1) is 0 Å². The van der Waals surface area contributed by atoms with Gasteiger partial charge in [-0.05, 0) is 68.8 Å². The highest BCUT2D eigenvalue weighted by Crippen LogP contribution is 2.54. The molecule has 0 spiro atoms. The molecule has 1 aromatic rings. The fourth-order valence-corrected chi connectivity index (χ4v) is 5.60. The molecule has 4 fully saturated rings. The van der Waals surface area contributed by atoms with Crippen molar-refractivity contribution in [1.29, 1.82) is 0 Å². The van der Waals surface area contributed by atoms with Gasteiger partial charge < -0.3 is 10.1 Å². The van der Waals surface area contributed by atoms with Crippen LogP contribution in [0.2, 0.25) is 0 Å². The third kappa shape index (κ3) is 2.38. The monoisotopic (exact) mass is 285 g/mol. The Morgan fingerprint density at radius 3 is 2.24 bits per heavy atom. The van der Waals surface area contributed by atoms with Crippen molar-refractivity contribution in [2.24, 2.45) is 23.7 Å². The van der Waals surface area contributed by atoms with E-state index in [1.165, 1.54) is 37.7 Å². The van der Waals surface area contributed by atoms with Gasteiger partial charge in [0, 0.05) is 17.6 Å². The van der Waals surface area contributed by atoms with Crippen molar-refractivity contribution >= 4 is 0 Å². The molecule has 0 unspecified atom stereocenters. The van der Waals surface area contributed by atoms with Crippen LogP contribution < -0.4 is 10.1 Å². The summed E-state index contributed by atoms with van der Waals surface area (Å²) in [6.45, 7) is 2.29. The molecular weight excluding hydrogens is 258 g/mol. The number of rotatable bonds is 4. The number of para-hydroxylation sites is 1. The van der Waals surface area contributed by atoms with Crippen LogP contribution >= 0.6 is 0 Å². The standard InChI is InChI=1S/C19H27NO/c1-12(17-5-3-4-6-18(17)21-2)20-19-15-8-13-7-14(10-15)11-16(19)9-13/h3-6,12-16,19-20H,7-11H2,1-2H3/t12-,13?,14?,15?,16?,19?/m0/s1. The molecule has 4 aliphatic rings. The van der Waals surface area contributed by atoms with E-state index in [2.05, 4.69) is 36.5 Å². The van der Waals surface area contributed by atoms with Crippen LogP contribution in [-0.4, -0.2) is 13.2 Å². The molecule has 1 N–H and O–H groups in total. The molecule has 2 heteroatoms. The normalized spacial score (nSPS) is 38.5. The summed E-state index contributed by atoms with van der Waals surface area (Å²) < 4.78 is 5.53. The summed E-state index contributed by atoms with van der Waals surface area (Å²) >= 11 is 0. The summed E-state index contributed by atoms with van der Waals surface area (Å²) in [7, 11) is 1.77. The summed E-state index contributed by atoms with van der Waals surface area (Å²) in [5.74, 6) is 4.97. The zero-order valence-corrected chi connectivity index (χ0v) is 13.2. The van der Waals surface area contributed by atoms with Gasteiger partial charge in [0.25, 0.3) is 0 Å². The molecule has 5 rings (SSSR count). The van der Waals surface area contributed by atoms with Crippen LogP contribution in [0.25, 0.3) is 0 Å². The van der Waals surface area contributed by atoms with Crippen molar-refractivity contribution in [3.05, 3.63) is 29.8 Å². The zero-order valence-electron chi connectivity index (χ0n) is 13.2. The van der Waals surface area contributed by atoms with Gasteiger partial charge in [0.1, 0.15) is 5.75 Å². The number of hydrogen-bond donors (Lipinski definition) is 1. The molecule has 114 valence electrons. The Morgan fingerprint density at radius 2 is 1.62 bits per heavy atom. The maximum Gasteiger partial charge on any atom is 0.123 e. The van der Waals surface area contributed by atoms with E-state index in [-0.39, 0.29) is 0 Å². The fourth-order valence-electron chi connectivity index (χ4n) is 5.60. The largest absolute Gasteiger partial charge is 0.496 e. The second-order valence-electron chi connectivity index (χ2n) is 7.59. The average molecular weight is 285 g/mol. The molecule has 0 aliphatic heterocycles. The van der Waals surface area contributed by atoms with Crippen molar-refractivity contribution in [2.75, 3.05) is 7.11 Å². The van der Waals surface area contributed by atoms with Crippen molar-refractivity contribution in [2.45, 2.75) is 51.1 Å². The molecule has 2 nitrogen and oxygen atoms in total. The maximum absolute atomic E-state index is 5.53. The van der Waals surface area contributed by atoms with E-state index in [0.29, 0.717) is 6.04 Å². The second kappa shape index (κ2) is 5.31. The van der Waals surface area contributed by atoms with Crippen LogP contribution in [0.1, 0.15) is 50.6 Å². The van der Waals surface area contributed by atoms with Crippen LogP contribution in [0.5, 0.6) is 5.75 Å². The quantitative estimate of drug-likeness (QED) is 0.896. The van der Waals surface area contributed by atoms with Crippen LogP contribution in [0.3, 0.4) is 0 Å². The van der Waals surface area contributed by atoms with Gasteiger partial charge in [0.15, 0.2) is 0 Å². The first-order chi connectivity index (χ1) is 10.2. The predicted octanol–water partition coefficient (Wildman–Crippen LogP) is 4.17. The molecule has 1 atom stereocenters. The SMILES string of the molecule is COc1ccccc1[C@H](C)NC1C2CC3CC(C2)CC1C3. The van der Waals surface area contributed by atoms with E-state index in [1.807, 2.05) is 0 Å². The Balaban J connectivity index is 1.51. The molecule has 4 aliphatic carbocycles. The third-order valence-electron chi connectivity index (χ3n) is 6.27. The predicted molar refractivity (Wildman–Crippen MR) is 85.4 cm³/mol. The summed E-state index contributed by atoms with van der Waals surface area (Å²) in [5, 5.41) is 3.97. The summed E-state index contributed by atoms with van der Waals surface area (Å²) in [5.41, 5.74) is 1.30. The van der Waals surface area contributed by atoms with Crippen LogP contribution in [0.4, 0.5) is 0 Å². The van der Waals surface area contributed by atoms with Gasteiger partial charge in [-0.3, -0.25) is 0 Å². The highest BCUT2D eigenvalue weighted by atomic mass is 16.5. The van der Waals surface area contributed by atoms with Gasteiger partial charge in [0.2, 0.25) is 0 Å². The lowest BCUT2D eigenvalue weighted by atomic mass is 9.54. The van der Waals surface area contributed by atoms with Gasteiger partial charge in [0.05, 0.1) is 7.11 Å². The first-order valence-corrected chi connectivity index (χ1v) is 8.63. The molecule has 0 heterocycles. The van der Waals surface area contributed by atoms with Crippen LogP contribution in [0.15, 0.2) is 24.3 Å². The van der Waals surface area contributed by atoms with E-state index in [4.69, 9.17) is 4.74 Å². The molecule has 1 aromatic carbocycles.